The largest absolute Gasteiger partial charge is 0.451 e. The van der Waals surface area contributed by atoms with E-state index in [0.29, 0.717) is 5.75 Å². The predicted octanol–water partition coefficient (Wildman–Crippen LogP) is 2.80. The van der Waals surface area contributed by atoms with Gasteiger partial charge in [0.2, 0.25) is 23.2 Å². The SMILES string of the molecule is CC(=O)NC1=C(Oc2ccc(C)cc2)C(=O)c2ccccc2C1=O. The molecule has 5 heteroatoms. The minimum atomic E-state index is -0.449. The van der Waals surface area contributed by atoms with Crippen LogP contribution in [0, 0.1) is 6.92 Å². The molecule has 5 nitrogen and oxygen atoms in total. The number of amides is 1. The van der Waals surface area contributed by atoms with Gasteiger partial charge in [-0.2, -0.15) is 0 Å². The average molecular weight is 321 g/mol. The average Bonchev–Trinajstić information content (AvgIpc) is 2.57. The second kappa shape index (κ2) is 6.12. The molecule has 0 saturated carbocycles. The number of nitrogens with one attached hydrogen (secondary N) is 1. The Morgan fingerprint density at radius 2 is 1.50 bits per heavy atom. The standard InChI is InChI=1S/C19H15NO4/c1-11-7-9-13(10-8-11)24-19-16(20-12(2)21)17(22)14-5-3-4-6-15(14)18(19)23/h3-10H,1-2H3,(H,20,21). The normalized spacial score (nSPS) is 13.6. The van der Waals surface area contributed by atoms with Gasteiger partial charge in [-0.15, -0.1) is 0 Å². The number of carbonyl (C=O) groups excluding carboxylic acids is 3. The fourth-order valence-electron chi connectivity index (χ4n) is 2.46. The molecule has 0 saturated heterocycles. The van der Waals surface area contributed by atoms with Gasteiger partial charge in [0.1, 0.15) is 11.4 Å². The Morgan fingerprint density at radius 1 is 0.917 bits per heavy atom. The molecule has 0 aliphatic heterocycles. The summed E-state index contributed by atoms with van der Waals surface area (Å²) in [6, 6.07) is 13.5. The van der Waals surface area contributed by atoms with Crippen LogP contribution < -0.4 is 10.1 Å². The van der Waals surface area contributed by atoms with Crippen molar-refractivity contribution in [1.82, 2.24) is 5.32 Å². The van der Waals surface area contributed by atoms with E-state index in [4.69, 9.17) is 4.74 Å². The van der Waals surface area contributed by atoms with Crippen molar-refractivity contribution >= 4 is 17.5 Å². The zero-order valence-corrected chi connectivity index (χ0v) is 13.3. The van der Waals surface area contributed by atoms with Crippen molar-refractivity contribution in [3.8, 4) is 5.75 Å². The number of allylic oxidation sites excluding steroid dienone is 2. The van der Waals surface area contributed by atoms with E-state index in [-0.39, 0.29) is 22.6 Å². The van der Waals surface area contributed by atoms with E-state index in [1.165, 1.54) is 6.92 Å². The molecule has 2 aromatic carbocycles. The first-order valence-electron chi connectivity index (χ1n) is 7.42. The first-order chi connectivity index (χ1) is 11.5. The van der Waals surface area contributed by atoms with Crippen LogP contribution in [0.25, 0.3) is 0 Å². The minimum absolute atomic E-state index is 0.133. The minimum Gasteiger partial charge on any atom is -0.451 e. The van der Waals surface area contributed by atoms with Gasteiger partial charge in [-0.3, -0.25) is 14.4 Å². The molecule has 0 atom stereocenters. The molecular formula is C19H15NO4. The van der Waals surface area contributed by atoms with Crippen LogP contribution in [0.2, 0.25) is 0 Å². The van der Waals surface area contributed by atoms with E-state index >= 15 is 0 Å². The first-order valence-corrected chi connectivity index (χ1v) is 7.42. The second-order valence-corrected chi connectivity index (χ2v) is 5.50. The Labute approximate surface area is 138 Å². The lowest BCUT2D eigenvalue weighted by Gasteiger charge is -2.21. The number of hydrogen-bond acceptors (Lipinski definition) is 4. The summed E-state index contributed by atoms with van der Waals surface area (Å²) in [5.41, 5.74) is 1.42. The van der Waals surface area contributed by atoms with Gasteiger partial charge in [-0.05, 0) is 19.1 Å². The van der Waals surface area contributed by atoms with Crippen molar-refractivity contribution < 1.29 is 19.1 Å². The number of carbonyl (C=O) groups is 3. The van der Waals surface area contributed by atoms with Crippen LogP contribution >= 0.6 is 0 Å². The van der Waals surface area contributed by atoms with Gasteiger partial charge in [0.15, 0.2) is 0 Å². The first kappa shape index (κ1) is 15.7. The Hall–Kier alpha value is -3.21. The van der Waals surface area contributed by atoms with Crippen molar-refractivity contribution in [2.75, 3.05) is 0 Å². The van der Waals surface area contributed by atoms with Gasteiger partial charge in [0, 0.05) is 18.1 Å². The summed E-state index contributed by atoms with van der Waals surface area (Å²) in [6.45, 7) is 3.20. The van der Waals surface area contributed by atoms with Gasteiger partial charge in [-0.1, -0.05) is 42.0 Å². The van der Waals surface area contributed by atoms with Crippen LogP contribution in [-0.2, 0) is 4.79 Å². The lowest BCUT2D eigenvalue weighted by atomic mass is 9.91. The summed E-state index contributed by atoms with van der Waals surface area (Å²) in [6.07, 6.45) is 0. The van der Waals surface area contributed by atoms with Crippen LogP contribution in [0.15, 0.2) is 60.0 Å². The third-order valence-electron chi connectivity index (χ3n) is 3.62. The number of ether oxygens (including phenoxy) is 1. The van der Waals surface area contributed by atoms with Crippen LogP contribution in [-0.4, -0.2) is 17.5 Å². The van der Waals surface area contributed by atoms with Gasteiger partial charge in [-0.25, -0.2) is 0 Å². The number of Topliss-reactive ketones (excluding diaryl/α,β-unsaturated/α-hetero) is 2. The molecule has 120 valence electrons. The van der Waals surface area contributed by atoms with Gasteiger partial charge < -0.3 is 10.1 Å². The van der Waals surface area contributed by atoms with Crippen molar-refractivity contribution in [2.24, 2.45) is 0 Å². The molecule has 0 bridgehead atoms. The van der Waals surface area contributed by atoms with Crippen LogP contribution in [0.3, 0.4) is 0 Å². The zero-order valence-electron chi connectivity index (χ0n) is 13.3. The van der Waals surface area contributed by atoms with Crippen molar-refractivity contribution in [3.63, 3.8) is 0 Å². The fraction of sp³-hybridized carbons (Fsp3) is 0.105. The van der Waals surface area contributed by atoms with E-state index in [2.05, 4.69) is 5.32 Å². The molecule has 0 heterocycles. The van der Waals surface area contributed by atoms with E-state index in [1.807, 2.05) is 19.1 Å². The molecule has 1 aliphatic rings. The second-order valence-electron chi connectivity index (χ2n) is 5.50. The lowest BCUT2D eigenvalue weighted by Crippen LogP contribution is -2.34. The molecular weight excluding hydrogens is 306 g/mol. The van der Waals surface area contributed by atoms with Gasteiger partial charge in [0.25, 0.3) is 0 Å². The van der Waals surface area contributed by atoms with Gasteiger partial charge >= 0.3 is 0 Å². The number of rotatable bonds is 3. The van der Waals surface area contributed by atoms with Crippen molar-refractivity contribution in [1.29, 1.82) is 0 Å². The summed E-state index contributed by atoms with van der Waals surface area (Å²) in [5, 5.41) is 2.43. The summed E-state index contributed by atoms with van der Waals surface area (Å²) in [4.78, 5) is 36.8. The van der Waals surface area contributed by atoms with E-state index in [0.717, 1.165) is 5.56 Å². The maximum absolute atomic E-state index is 12.7. The highest BCUT2D eigenvalue weighted by Gasteiger charge is 2.34. The molecule has 0 unspecified atom stereocenters. The Morgan fingerprint density at radius 3 is 2.08 bits per heavy atom. The Bertz CT molecular complexity index is 878. The monoisotopic (exact) mass is 321 g/mol. The number of fused-ring (bicyclic) bond motifs is 1. The van der Waals surface area contributed by atoms with E-state index in [9.17, 15) is 14.4 Å². The summed E-state index contributed by atoms with van der Waals surface area (Å²) in [5.74, 6) is -1.08. The smallest absolute Gasteiger partial charge is 0.231 e. The third kappa shape index (κ3) is 2.84. The molecule has 24 heavy (non-hydrogen) atoms. The third-order valence-corrected chi connectivity index (χ3v) is 3.62. The van der Waals surface area contributed by atoms with Crippen molar-refractivity contribution in [3.05, 3.63) is 76.7 Å². The van der Waals surface area contributed by atoms with Crippen LogP contribution in [0.5, 0.6) is 5.75 Å². The number of aryl methyl sites for hydroxylation is 1. The molecule has 2 aromatic rings. The molecule has 0 aromatic heterocycles. The number of benzene rings is 2. The zero-order chi connectivity index (χ0) is 17.3. The highest BCUT2D eigenvalue weighted by Crippen LogP contribution is 2.27. The highest BCUT2D eigenvalue weighted by atomic mass is 16.5. The maximum Gasteiger partial charge on any atom is 0.231 e. The number of hydrogen-bond donors (Lipinski definition) is 1. The van der Waals surface area contributed by atoms with E-state index < -0.39 is 17.5 Å². The maximum atomic E-state index is 12.7. The molecule has 3 rings (SSSR count). The Kier molecular flexibility index (Phi) is 4.00. The molecule has 1 N–H and O–H groups in total. The molecule has 0 fully saturated rings. The van der Waals surface area contributed by atoms with Crippen LogP contribution in [0.4, 0.5) is 0 Å². The molecule has 0 radical (unpaired) electrons. The summed E-state index contributed by atoms with van der Waals surface area (Å²) >= 11 is 0. The quantitative estimate of drug-likeness (QED) is 0.943. The van der Waals surface area contributed by atoms with Crippen molar-refractivity contribution in [2.45, 2.75) is 13.8 Å². The topological polar surface area (TPSA) is 72.5 Å². The van der Waals surface area contributed by atoms with E-state index in [1.54, 1.807) is 36.4 Å². The van der Waals surface area contributed by atoms with Crippen LogP contribution in [0.1, 0.15) is 33.2 Å². The Balaban J connectivity index is 2.09. The lowest BCUT2D eigenvalue weighted by molar-refractivity contribution is -0.118. The summed E-state index contributed by atoms with van der Waals surface area (Å²) in [7, 11) is 0. The van der Waals surface area contributed by atoms with Gasteiger partial charge in [0.05, 0.1) is 0 Å². The predicted molar refractivity (Wildman–Crippen MR) is 87.8 cm³/mol. The molecule has 1 aliphatic carbocycles. The molecule has 1 amide bonds. The summed E-state index contributed by atoms with van der Waals surface area (Å²) < 4.78 is 5.66. The number of ketones is 2. The molecule has 0 spiro atoms. The fourth-order valence-corrected chi connectivity index (χ4v) is 2.46. The highest BCUT2D eigenvalue weighted by molar-refractivity contribution is 6.26.